The van der Waals surface area contributed by atoms with Gasteiger partial charge in [-0.15, -0.1) is 0 Å². The maximum Gasteiger partial charge on any atom is 0.410 e. The highest BCUT2D eigenvalue weighted by atomic mass is 79.9. The Morgan fingerprint density at radius 3 is 2.65 bits per heavy atom. The maximum absolute atomic E-state index is 12.2. The summed E-state index contributed by atoms with van der Waals surface area (Å²) in [5.41, 5.74) is 1.86. The van der Waals surface area contributed by atoms with E-state index in [1.807, 2.05) is 25.1 Å². The number of carbonyl (C=O) groups excluding carboxylic acids is 2. The van der Waals surface area contributed by atoms with Gasteiger partial charge in [-0.25, -0.2) is 4.79 Å². The van der Waals surface area contributed by atoms with Crippen molar-refractivity contribution in [3.63, 3.8) is 0 Å². The number of hydrogen-bond donors (Lipinski definition) is 2. The fraction of sp³-hybridized carbons (Fsp3) is 0.500. The second-order valence-electron chi connectivity index (χ2n) is 5.62. The molecule has 23 heavy (non-hydrogen) atoms. The van der Waals surface area contributed by atoms with E-state index in [2.05, 4.69) is 21.2 Å². The Morgan fingerprint density at radius 2 is 2.04 bits per heavy atom. The molecule has 2 rings (SSSR count). The molecule has 0 spiro atoms. The third-order valence-electron chi connectivity index (χ3n) is 3.87. The first-order chi connectivity index (χ1) is 11.0. The SMILES string of the molecule is CCOC(=O)N1CC[NH+](CC(=O)Nc2ccc(Br)cc2C)CC1. The number of rotatable bonds is 4. The van der Waals surface area contributed by atoms with Gasteiger partial charge in [0.15, 0.2) is 6.54 Å². The average Bonchev–Trinajstić information content (AvgIpc) is 2.51. The first kappa shape index (κ1) is 17.7. The first-order valence-electron chi connectivity index (χ1n) is 7.81. The highest BCUT2D eigenvalue weighted by Gasteiger charge is 2.25. The second-order valence-corrected chi connectivity index (χ2v) is 6.54. The molecule has 1 aliphatic heterocycles. The minimum Gasteiger partial charge on any atom is -0.450 e. The molecule has 0 atom stereocenters. The van der Waals surface area contributed by atoms with Crippen LogP contribution in [0.25, 0.3) is 0 Å². The number of nitrogens with zero attached hydrogens (tertiary/aromatic N) is 1. The Hall–Kier alpha value is -1.60. The number of aryl methyl sites for hydroxylation is 1. The molecule has 0 saturated carbocycles. The highest BCUT2D eigenvalue weighted by molar-refractivity contribution is 9.10. The Balaban J connectivity index is 1.79. The largest absolute Gasteiger partial charge is 0.450 e. The number of anilines is 1. The second kappa shape index (κ2) is 8.31. The van der Waals surface area contributed by atoms with E-state index in [1.54, 1.807) is 11.8 Å². The van der Waals surface area contributed by atoms with Crippen LogP contribution in [0.5, 0.6) is 0 Å². The summed E-state index contributed by atoms with van der Waals surface area (Å²) in [6.07, 6.45) is -0.263. The lowest BCUT2D eigenvalue weighted by Crippen LogP contribution is -3.15. The zero-order valence-electron chi connectivity index (χ0n) is 13.5. The van der Waals surface area contributed by atoms with E-state index in [0.29, 0.717) is 26.2 Å². The standard InChI is InChI=1S/C16H22BrN3O3/c1-3-23-16(22)20-8-6-19(7-9-20)11-15(21)18-14-5-4-13(17)10-12(14)2/h4-5,10H,3,6-9,11H2,1-2H3,(H,18,21)/p+1. The van der Waals surface area contributed by atoms with E-state index >= 15 is 0 Å². The summed E-state index contributed by atoms with van der Waals surface area (Å²) in [5, 5.41) is 2.95. The quantitative estimate of drug-likeness (QED) is 0.815. The van der Waals surface area contributed by atoms with Crippen LogP contribution >= 0.6 is 15.9 Å². The topological polar surface area (TPSA) is 63.1 Å². The molecule has 0 radical (unpaired) electrons. The van der Waals surface area contributed by atoms with Gasteiger partial charge in [-0.3, -0.25) is 9.69 Å². The van der Waals surface area contributed by atoms with Gasteiger partial charge in [-0.2, -0.15) is 0 Å². The zero-order chi connectivity index (χ0) is 16.8. The van der Waals surface area contributed by atoms with Crippen molar-refractivity contribution in [3.05, 3.63) is 28.2 Å². The van der Waals surface area contributed by atoms with Crippen LogP contribution in [0.2, 0.25) is 0 Å². The molecule has 0 aliphatic carbocycles. The zero-order valence-corrected chi connectivity index (χ0v) is 15.1. The number of nitrogens with one attached hydrogen (secondary N) is 2. The summed E-state index contributed by atoms with van der Waals surface area (Å²) in [4.78, 5) is 26.7. The molecule has 1 saturated heterocycles. The van der Waals surface area contributed by atoms with Gasteiger partial charge in [0.1, 0.15) is 0 Å². The lowest BCUT2D eigenvalue weighted by molar-refractivity contribution is -0.895. The molecule has 1 heterocycles. The summed E-state index contributed by atoms with van der Waals surface area (Å²) in [6.45, 7) is 7.32. The van der Waals surface area contributed by atoms with Crippen LogP contribution in [0.1, 0.15) is 12.5 Å². The monoisotopic (exact) mass is 384 g/mol. The van der Waals surface area contributed by atoms with E-state index in [4.69, 9.17) is 4.74 Å². The van der Waals surface area contributed by atoms with Crippen molar-refractivity contribution in [2.24, 2.45) is 0 Å². The van der Waals surface area contributed by atoms with Crippen molar-refractivity contribution < 1.29 is 19.2 Å². The van der Waals surface area contributed by atoms with Crippen LogP contribution in [0.15, 0.2) is 22.7 Å². The van der Waals surface area contributed by atoms with Crippen LogP contribution < -0.4 is 10.2 Å². The van der Waals surface area contributed by atoms with Crippen LogP contribution in [0, 0.1) is 6.92 Å². The predicted octanol–water partition coefficient (Wildman–Crippen LogP) is 1.05. The van der Waals surface area contributed by atoms with Crippen LogP contribution in [0.3, 0.4) is 0 Å². The number of benzene rings is 1. The molecule has 1 aromatic rings. The Bertz CT molecular complexity index is 572. The highest BCUT2D eigenvalue weighted by Crippen LogP contribution is 2.19. The molecule has 6 nitrogen and oxygen atoms in total. The van der Waals surface area contributed by atoms with E-state index in [9.17, 15) is 9.59 Å². The van der Waals surface area contributed by atoms with E-state index in [0.717, 1.165) is 28.8 Å². The lowest BCUT2D eigenvalue weighted by Gasteiger charge is -2.31. The molecule has 2 N–H and O–H groups in total. The summed E-state index contributed by atoms with van der Waals surface area (Å²) >= 11 is 3.41. The normalized spacial score (nSPS) is 15.3. The maximum atomic E-state index is 12.2. The molecule has 0 unspecified atom stereocenters. The number of halogens is 1. The molecule has 1 aliphatic rings. The fourth-order valence-corrected chi connectivity index (χ4v) is 3.06. The van der Waals surface area contributed by atoms with Gasteiger partial charge in [0, 0.05) is 10.2 Å². The van der Waals surface area contributed by atoms with Crippen molar-refractivity contribution >= 4 is 33.6 Å². The number of hydrogen-bond acceptors (Lipinski definition) is 3. The van der Waals surface area contributed by atoms with Gasteiger partial charge in [-0.05, 0) is 37.6 Å². The number of carbonyl (C=O) groups is 2. The Morgan fingerprint density at radius 1 is 1.35 bits per heavy atom. The number of ether oxygens (including phenoxy) is 1. The van der Waals surface area contributed by atoms with Crippen LogP contribution in [-0.4, -0.2) is 56.2 Å². The minimum absolute atomic E-state index is 0.00462. The fourth-order valence-electron chi connectivity index (χ4n) is 2.59. The molecule has 2 amide bonds. The molecular formula is C16H23BrN3O3+. The van der Waals surface area contributed by atoms with E-state index < -0.39 is 0 Å². The van der Waals surface area contributed by atoms with Crippen molar-refractivity contribution in [3.8, 4) is 0 Å². The first-order valence-corrected chi connectivity index (χ1v) is 8.60. The van der Waals surface area contributed by atoms with Crippen LogP contribution in [-0.2, 0) is 9.53 Å². The van der Waals surface area contributed by atoms with E-state index in [1.165, 1.54) is 4.90 Å². The average molecular weight is 385 g/mol. The van der Waals surface area contributed by atoms with Gasteiger partial charge in [0.05, 0.1) is 32.8 Å². The van der Waals surface area contributed by atoms with Crippen LogP contribution in [0.4, 0.5) is 10.5 Å². The van der Waals surface area contributed by atoms with Crippen molar-refractivity contribution in [2.75, 3.05) is 44.6 Å². The number of piperazine rings is 1. The summed E-state index contributed by atoms with van der Waals surface area (Å²) in [6, 6.07) is 5.78. The molecule has 126 valence electrons. The molecule has 7 heteroatoms. The Labute approximate surface area is 144 Å². The third kappa shape index (κ3) is 5.21. The van der Waals surface area contributed by atoms with Crippen molar-refractivity contribution in [1.82, 2.24) is 4.90 Å². The number of quaternary nitrogens is 1. The number of amides is 2. The van der Waals surface area contributed by atoms with E-state index in [-0.39, 0.29) is 12.0 Å². The summed E-state index contributed by atoms with van der Waals surface area (Å²) in [5.74, 6) is -0.00462. The molecule has 1 aromatic carbocycles. The van der Waals surface area contributed by atoms with Gasteiger partial charge >= 0.3 is 6.09 Å². The lowest BCUT2D eigenvalue weighted by atomic mass is 10.2. The van der Waals surface area contributed by atoms with Crippen molar-refractivity contribution in [1.29, 1.82) is 0 Å². The van der Waals surface area contributed by atoms with Gasteiger partial charge < -0.3 is 15.0 Å². The minimum atomic E-state index is -0.263. The summed E-state index contributed by atoms with van der Waals surface area (Å²) in [7, 11) is 0. The molecular weight excluding hydrogens is 362 g/mol. The van der Waals surface area contributed by atoms with Gasteiger partial charge in [0.25, 0.3) is 5.91 Å². The third-order valence-corrected chi connectivity index (χ3v) is 4.36. The molecule has 0 aromatic heterocycles. The molecule has 1 fully saturated rings. The Kier molecular flexibility index (Phi) is 6.41. The molecule has 0 bridgehead atoms. The smallest absolute Gasteiger partial charge is 0.410 e. The van der Waals surface area contributed by atoms with Gasteiger partial charge in [-0.1, -0.05) is 15.9 Å². The summed E-state index contributed by atoms with van der Waals surface area (Å²) < 4.78 is 5.99. The van der Waals surface area contributed by atoms with Crippen molar-refractivity contribution in [2.45, 2.75) is 13.8 Å². The predicted molar refractivity (Wildman–Crippen MR) is 91.7 cm³/mol. The van der Waals surface area contributed by atoms with Gasteiger partial charge in [0.2, 0.25) is 0 Å².